The minimum Gasteiger partial charge on any atom is -0.391 e. The number of aliphatic hydroxyl groups excluding tert-OH is 1. The molecule has 4 nitrogen and oxygen atoms in total. The third kappa shape index (κ3) is 5.24. The van der Waals surface area contributed by atoms with Gasteiger partial charge in [-0.15, -0.1) is 0 Å². The molecule has 1 aliphatic carbocycles. The molecular formula is C25H32BrNO3S. The molecule has 3 atom stereocenters. The van der Waals surface area contributed by atoms with Gasteiger partial charge in [0, 0.05) is 22.0 Å². The fraction of sp³-hybridized carbons (Fsp3) is 0.520. The summed E-state index contributed by atoms with van der Waals surface area (Å²) in [6, 6.07) is 16.0. The van der Waals surface area contributed by atoms with Crippen molar-refractivity contribution < 1.29 is 13.5 Å². The maximum absolute atomic E-state index is 12.7. The van der Waals surface area contributed by atoms with E-state index in [0.29, 0.717) is 6.42 Å². The lowest BCUT2D eigenvalue weighted by molar-refractivity contribution is 0.0720. The first-order valence-electron chi connectivity index (χ1n) is 11.0. The van der Waals surface area contributed by atoms with E-state index in [1.165, 1.54) is 11.1 Å². The normalized spacial score (nSPS) is 27.1. The molecule has 6 heteroatoms. The predicted molar refractivity (Wildman–Crippen MR) is 129 cm³/mol. The third-order valence-corrected chi connectivity index (χ3v) is 9.03. The van der Waals surface area contributed by atoms with E-state index in [9.17, 15) is 13.5 Å². The van der Waals surface area contributed by atoms with Crippen molar-refractivity contribution in [1.29, 1.82) is 0 Å². The first-order valence-corrected chi connectivity index (χ1v) is 13.6. The maximum Gasteiger partial charge on any atom is 0.152 e. The van der Waals surface area contributed by atoms with Crippen LogP contribution in [0.4, 0.5) is 0 Å². The molecule has 2 fully saturated rings. The van der Waals surface area contributed by atoms with Gasteiger partial charge in [0.15, 0.2) is 9.84 Å². The highest BCUT2D eigenvalue weighted by atomic mass is 79.9. The van der Waals surface area contributed by atoms with Gasteiger partial charge >= 0.3 is 0 Å². The van der Waals surface area contributed by atoms with Gasteiger partial charge in [0.2, 0.25) is 0 Å². The van der Waals surface area contributed by atoms with Crippen molar-refractivity contribution >= 4 is 25.8 Å². The van der Waals surface area contributed by atoms with Crippen LogP contribution in [0, 0.1) is 5.92 Å². The Morgan fingerprint density at radius 1 is 1.10 bits per heavy atom. The van der Waals surface area contributed by atoms with Gasteiger partial charge in [-0.25, -0.2) is 8.42 Å². The Bertz CT molecular complexity index is 1040. The molecule has 0 spiro atoms. The molecule has 4 rings (SSSR count). The molecule has 0 aromatic heterocycles. The summed E-state index contributed by atoms with van der Waals surface area (Å²) >= 11 is 3.43. The highest BCUT2D eigenvalue weighted by molar-refractivity contribution is 9.10. The first kappa shape index (κ1) is 23.0. The molecule has 2 N–H and O–H groups in total. The van der Waals surface area contributed by atoms with E-state index in [-0.39, 0.29) is 28.4 Å². The van der Waals surface area contributed by atoms with E-state index in [1.807, 2.05) is 24.3 Å². The zero-order valence-corrected chi connectivity index (χ0v) is 20.8. The summed E-state index contributed by atoms with van der Waals surface area (Å²) in [4.78, 5) is 0. The van der Waals surface area contributed by atoms with Crippen LogP contribution in [0.25, 0.3) is 0 Å². The first-order chi connectivity index (χ1) is 14.5. The molecule has 1 saturated carbocycles. The van der Waals surface area contributed by atoms with E-state index < -0.39 is 22.0 Å². The quantitative estimate of drug-likeness (QED) is 0.633. The van der Waals surface area contributed by atoms with Gasteiger partial charge in [-0.3, -0.25) is 0 Å². The molecule has 0 radical (unpaired) electrons. The summed E-state index contributed by atoms with van der Waals surface area (Å²) in [5.41, 5.74) is 3.32. The van der Waals surface area contributed by atoms with Gasteiger partial charge in [0.25, 0.3) is 0 Å². The lowest BCUT2D eigenvalue weighted by Crippen LogP contribution is -2.57. The number of hydrogen-bond donors (Lipinski definition) is 2. The van der Waals surface area contributed by atoms with E-state index >= 15 is 0 Å². The Hall–Kier alpha value is -1.21. The minimum absolute atomic E-state index is 0.00822. The van der Waals surface area contributed by atoms with Crippen molar-refractivity contribution in [3.05, 3.63) is 69.7 Å². The minimum atomic E-state index is -3.23. The zero-order chi connectivity index (χ0) is 22.4. The van der Waals surface area contributed by atoms with Crippen LogP contribution in [0.1, 0.15) is 50.3 Å². The Labute approximate surface area is 194 Å². The largest absolute Gasteiger partial charge is 0.391 e. The highest BCUT2D eigenvalue weighted by Crippen LogP contribution is 2.47. The van der Waals surface area contributed by atoms with Crippen molar-refractivity contribution in [1.82, 2.24) is 5.32 Å². The van der Waals surface area contributed by atoms with Gasteiger partial charge in [-0.2, -0.15) is 0 Å². The molecule has 1 aliphatic heterocycles. The fourth-order valence-electron chi connectivity index (χ4n) is 4.70. The van der Waals surface area contributed by atoms with Crippen LogP contribution >= 0.6 is 15.9 Å². The van der Waals surface area contributed by atoms with Crippen molar-refractivity contribution in [3.8, 4) is 0 Å². The van der Waals surface area contributed by atoms with Crippen LogP contribution in [0.5, 0.6) is 0 Å². The summed E-state index contributed by atoms with van der Waals surface area (Å²) in [5, 5.41) is 14.8. The number of rotatable bonds is 5. The molecule has 2 aromatic rings. The number of hydrogen-bond acceptors (Lipinski definition) is 4. The predicted octanol–water partition coefficient (Wildman–Crippen LogP) is 4.34. The summed E-state index contributed by atoms with van der Waals surface area (Å²) < 4.78 is 26.4. The monoisotopic (exact) mass is 505 g/mol. The standard InChI is InChI=1S/C25H32BrNO3S/c1-24(2,3)19-5-4-6-20(14-19)25(11-12-25)27-22-16-31(29,30)15-18(23(22)28)13-17-7-9-21(26)10-8-17/h4-10,14,18,22-23,27-28H,11-13,15-16H2,1-3H3/t18-,22+,23+/m1/s1. The smallest absolute Gasteiger partial charge is 0.152 e. The molecule has 1 saturated heterocycles. The van der Waals surface area contributed by atoms with E-state index in [0.717, 1.165) is 22.9 Å². The van der Waals surface area contributed by atoms with Crippen LogP contribution < -0.4 is 5.32 Å². The van der Waals surface area contributed by atoms with Gasteiger partial charge in [0.05, 0.1) is 17.6 Å². The van der Waals surface area contributed by atoms with E-state index in [4.69, 9.17) is 0 Å². The number of halogens is 1. The molecule has 0 amide bonds. The molecule has 2 aliphatic rings. The van der Waals surface area contributed by atoms with Crippen LogP contribution in [0.15, 0.2) is 53.0 Å². The summed E-state index contributed by atoms with van der Waals surface area (Å²) in [7, 11) is -3.23. The highest BCUT2D eigenvalue weighted by Gasteiger charge is 2.49. The number of aliphatic hydroxyl groups is 1. The molecule has 168 valence electrons. The van der Waals surface area contributed by atoms with E-state index in [2.05, 4.69) is 66.3 Å². The fourth-order valence-corrected chi connectivity index (χ4v) is 6.90. The molecule has 1 heterocycles. The van der Waals surface area contributed by atoms with Gasteiger partial charge in [-0.1, -0.05) is 73.1 Å². The molecule has 0 bridgehead atoms. The van der Waals surface area contributed by atoms with E-state index in [1.54, 1.807) is 0 Å². The van der Waals surface area contributed by atoms with Gasteiger partial charge in [0.1, 0.15) is 0 Å². The maximum atomic E-state index is 12.7. The summed E-state index contributed by atoms with van der Waals surface area (Å²) in [6.45, 7) is 6.59. The van der Waals surface area contributed by atoms with Gasteiger partial charge < -0.3 is 10.4 Å². The average molecular weight is 507 g/mol. The Kier molecular flexibility index (Phi) is 6.14. The van der Waals surface area contributed by atoms with Crippen molar-refractivity contribution in [2.24, 2.45) is 5.92 Å². The lowest BCUT2D eigenvalue weighted by atomic mass is 9.85. The number of sulfone groups is 1. The average Bonchev–Trinajstić information content (AvgIpc) is 3.47. The zero-order valence-electron chi connectivity index (χ0n) is 18.4. The molecular weight excluding hydrogens is 474 g/mol. The van der Waals surface area contributed by atoms with Gasteiger partial charge in [-0.05, 0) is 53.5 Å². The van der Waals surface area contributed by atoms with Crippen LogP contribution in [-0.2, 0) is 27.2 Å². The topological polar surface area (TPSA) is 66.4 Å². The second-order valence-electron chi connectivity index (χ2n) is 10.3. The SMILES string of the molecule is CC(C)(C)c1cccc(C2(N[C@H]3CS(=O)(=O)C[C@@H](Cc4ccc(Br)cc4)[C@@H]3O)CC2)c1. The van der Waals surface area contributed by atoms with Crippen LogP contribution in [-0.4, -0.2) is 37.2 Å². The van der Waals surface area contributed by atoms with Crippen molar-refractivity contribution in [2.45, 2.75) is 63.1 Å². The second-order valence-corrected chi connectivity index (χ2v) is 13.4. The van der Waals surface area contributed by atoms with Crippen LogP contribution in [0.3, 0.4) is 0 Å². The molecule has 2 aromatic carbocycles. The lowest BCUT2D eigenvalue weighted by Gasteiger charge is -2.38. The number of nitrogens with one attached hydrogen (secondary N) is 1. The van der Waals surface area contributed by atoms with Crippen LogP contribution in [0.2, 0.25) is 0 Å². The summed E-state index contributed by atoms with van der Waals surface area (Å²) in [6.07, 6.45) is 1.77. The summed E-state index contributed by atoms with van der Waals surface area (Å²) in [5.74, 6) is -0.283. The molecule has 0 unspecified atom stereocenters. The Morgan fingerprint density at radius 2 is 1.77 bits per heavy atom. The van der Waals surface area contributed by atoms with Crippen molar-refractivity contribution in [3.63, 3.8) is 0 Å². The second kappa shape index (κ2) is 8.29. The number of benzene rings is 2. The molecule has 31 heavy (non-hydrogen) atoms. The van der Waals surface area contributed by atoms with Crippen molar-refractivity contribution in [2.75, 3.05) is 11.5 Å². The Morgan fingerprint density at radius 3 is 2.39 bits per heavy atom. The Balaban J connectivity index is 1.55. The third-order valence-electron chi connectivity index (χ3n) is 6.70.